The molecule has 1 N–H and O–H groups in total. The highest BCUT2D eigenvalue weighted by atomic mass is 16.4. The zero-order valence-electron chi connectivity index (χ0n) is 12.6. The van der Waals surface area contributed by atoms with Gasteiger partial charge in [-0.3, -0.25) is 14.4 Å². The molecule has 2 amide bonds. The van der Waals surface area contributed by atoms with Crippen molar-refractivity contribution in [2.24, 2.45) is 11.3 Å². The van der Waals surface area contributed by atoms with E-state index in [0.29, 0.717) is 6.54 Å². The Hall–Kier alpha value is -1.59. The van der Waals surface area contributed by atoms with E-state index in [1.165, 1.54) is 9.80 Å². The second-order valence-electron chi connectivity index (χ2n) is 5.78. The Kier molecular flexibility index (Phi) is 5.99. The van der Waals surface area contributed by atoms with Gasteiger partial charge in [0.1, 0.15) is 5.92 Å². The number of carbonyl (C=O) groups excluding carboxylic acids is 2. The lowest BCUT2D eigenvalue weighted by Gasteiger charge is -2.31. The molecule has 1 unspecified atom stereocenters. The van der Waals surface area contributed by atoms with Crippen LogP contribution in [0.15, 0.2) is 0 Å². The van der Waals surface area contributed by atoms with Crippen LogP contribution in [0.2, 0.25) is 0 Å². The molecule has 0 bridgehead atoms. The van der Waals surface area contributed by atoms with Crippen LogP contribution in [0.4, 0.5) is 0 Å². The molecule has 0 aliphatic heterocycles. The van der Waals surface area contributed by atoms with Crippen LogP contribution in [-0.2, 0) is 14.4 Å². The van der Waals surface area contributed by atoms with E-state index in [1.54, 1.807) is 41.8 Å². The van der Waals surface area contributed by atoms with Gasteiger partial charge in [-0.05, 0) is 12.3 Å². The number of aliphatic carboxylic acids is 1. The highest BCUT2D eigenvalue weighted by Crippen LogP contribution is 2.28. The summed E-state index contributed by atoms with van der Waals surface area (Å²) in [7, 11) is 3.19. The molecule has 6 nitrogen and oxygen atoms in total. The van der Waals surface area contributed by atoms with Crippen LogP contribution in [0.3, 0.4) is 0 Å². The number of likely N-dealkylation sites (N-methyl/N-ethyl adjacent to an activating group) is 2. The summed E-state index contributed by atoms with van der Waals surface area (Å²) in [6.45, 7) is 7.03. The summed E-state index contributed by atoms with van der Waals surface area (Å²) in [5.74, 6) is -3.05. The number of hydrogen-bond donors (Lipinski definition) is 1. The van der Waals surface area contributed by atoms with Crippen molar-refractivity contribution in [1.82, 2.24) is 9.80 Å². The summed E-state index contributed by atoms with van der Waals surface area (Å²) in [6.07, 6.45) is 0. The maximum atomic E-state index is 12.3. The Labute approximate surface area is 114 Å². The van der Waals surface area contributed by atoms with E-state index in [9.17, 15) is 19.5 Å². The fourth-order valence-corrected chi connectivity index (χ4v) is 1.68. The molecule has 0 rings (SSSR count). The summed E-state index contributed by atoms with van der Waals surface area (Å²) >= 11 is 0. The van der Waals surface area contributed by atoms with Gasteiger partial charge >= 0.3 is 5.97 Å². The molecule has 19 heavy (non-hydrogen) atoms. The van der Waals surface area contributed by atoms with Gasteiger partial charge in [0.2, 0.25) is 11.8 Å². The van der Waals surface area contributed by atoms with Gasteiger partial charge in [0, 0.05) is 20.6 Å². The Bertz CT molecular complexity index is 358. The zero-order chi connectivity index (χ0) is 15.4. The summed E-state index contributed by atoms with van der Waals surface area (Å²) in [6, 6.07) is 0. The maximum Gasteiger partial charge on any atom is 0.316 e. The van der Waals surface area contributed by atoms with Crippen molar-refractivity contribution in [2.75, 3.05) is 27.2 Å². The first-order valence-electron chi connectivity index (χ1n) is 6.24. The summed E-state index contributed by atoms with van der Waals surface area (Å²) < 4.78 is 0. The minimum atomic E-state index is -1.16. The summed E-state index contributed by atoms with van der Waals surface area (Å²) in [5.41, 5.74) is -0.697. The largest absolute Gasteiger partial charge is 0.481 e. The molecule has 0 fully saturated rings. The maximum absolute atomic E-state index is 12.3. The molecule has 0 aromatic heterocycles. The molecule has 0 aromatic rings. The Morgan fingerprint density at radius 3 is 1.89 bits per heavy atom. The third-order valence-corrected chi connectivity index (χ3v) is 2.88. The number of carboxylic acids is 1. The zero-order valence-corrected chi connectivity index (χ0v) is 12.6. The predicted octanol–water partition coefficient (Wildman–Crippen LogP) is 0.670. The summed E-state index contributed by atoms with van der Waals surface area (Å²) in [5, 5.41) is 9.22. The van der Waals surface area contributed by atoms with E-state index in [2.05, 4.69) is 0 Å². The normalized spacial score (nSPS) is 12.7. The third-order valence-electron chi connectivity index (χ3n) is 2.88. The molecule has 0 radical (unpaired) electrons. The van der Waals surface area contributed by atoms with Gasteiger partial charge in [-0.1, -0.05) is 20.8 Å². The van der Waals surface area contributed by atoms with E-state index in [0.717, 1.165) is 0 Å². The van der Waals surface area contributed by atoms with E-state index in [4.69, 9.17) is 0 Å². The van der Waals surface area contributed by atoms with Gasteiger partial charge in [-0.15, -0.1) is 0 Å². The number of amides is 2. The highest BCUT2D eigenvalue weighted by molar-refractivity contribution is 5.99. The average Bonchev–Trinajstić information content (AvgIpc) is 2.22. The fourth-order valence-electron chi connectivity index (χ4n) is 1.68. The number of hydrogen-bond acceptors (Lipinski definition) is 3. The van der Waals surface area contributed by atoms with Crippen molar-refractivity contribution in [3.63, 3.8) is 0 Å². The molecule has 0 aromatic carbocycles. The van der Waals surface area contributed by atoms with Crippen LogP contribution in [0.25, 0.3) is 0 Å². The number of rotatable bonds is 5. The topological polar surface area (TPSA) is 77.9 Å². The first-order valence-corrected chi connectivity index (χ1v) is 6.24. The lowest BCUT2D eigenvalue weighted by molar-refractivity contribution is -0.157. The van der Waals surface area contributed by atoms with E-state index < -0.39 is 23.2 Å². The van der Waals surface area contributed by atoms with Gasteiger partial charge in [0.25, 0.3) is 0 Å². The van der Waals surface area contributed by atoms with Crippen LogP contribution in [0, 0.1) is 11.3 Å². The molecule has 0 spiro atoms. The highest BCUT2D eigenvalue weighted by Gasteiger charge is 2.40. The minimum absolute atomic E-state index is 0.0950. The fraction of sp³-hybridized carbons (Fsp3) is 0.769. The van der Waals surface area contributed by atoms with Gasteiger partial charge in [-0.2, -0.15) is 0 Å². The van der Waals surface area contributed by atoms with Crippen LogP contribution in [0.5, 0.6) is 0 Å². The summed E-state index contributed by atoms with van der Waals surface area (Å²) in [4.78, 5) is 37.9. The van der Waals surface area contributed by atoms with Gasteiger partial charge in [0.05, 0.1) is 6.54 Å². The van der Waals surface area contributed by atoms with E-state index in [-0.39, 0.29) is 12.5 Å². The molecule has 0 aliphatic carbocycles. The number of carbonyl (C=O) groups is 3. The lowest BCUT2D eigenvalue weighted by atomic mass is 9.80. The third kappa shape index (κ3) is 4.89. The molecule has 1 atom stereocenters. The quantitative estimate of drug-likeness (QED) is 0.746. The standard InChI is InChI=1S/C13H24N2O4/c1-7-15(8-9(16)14(5)6)11(17)10(12(18)19)13(2,3)4/h10H,7-8H2,1-6H3,(H,18,19). The second kappa shape index (κ2) is 6.54. The van der Waals surface area contributed by atoms with Gasteiger partial charge in [-0.25, -0.2) is 0 Å². The second-order valence-corrected chi connectivity index (χ2v) is 5.78. The van der Waals surface area contributed by atoms with Crippen molar-refractivity contribution in [2.45, 2.75) is 27.7 Å². The van der Waals surface area contributed by atoms with E-state index in [1.807, 2.05) is 0 Å². The predicted molar refractivity (Wildman–Crippen MR) is 71.5 cm³/mol. The number of nitrogens with zero attached hydrogens (tertiary/aromatic N) is 2. The molecule has 0 saturated carbocycles. The molecular weight excluding hydrogens is 248 g/mol. The molecule has 0 saturated heterocycles. The average molecular weight is 272 g/mol. The first kappa shape index (κ1) is 17.4. The number of carboxylic acid groups (broad SMARTS) is 1. The van der Waals surface area contributed by atoms with E-state index >= 15 is 0 Å². The van der Waals surface area contributed by atoms with Crippen molar-refractivity contribution >= 4 is 17.8 Å². The Morgan fingerprint density at radius 1 is 1.16 bits per heavy atom. The molecular formula is C13H24N2O4. The first-order chi connectivity index (χ1) is 8.52. The van der Waals surface area contributed by atoms with Crippen molar-refractivity contribution in [3.8, 4) is 0 Å². The molecule has 0 aliphatic rings. The van der Waals surface area contributed by atoms with Crippen LogP contribution in [-0.4, -0.2) is 59.9 Å². The van der Waals surface area contributed by atoms with Crippen molar-refractivity contribution < 1.29 is 19.5 Å². The molecule has 6 heteroatoms. The SMILES string of the molecule is CCN(CC(=O)N(C)C)C(=O)C(C(=O)O)C(C)(C)C. The monoisotopic (exact) mass is 272 g/mol. The Balaban J connectivity index is 5.10. The van der Waals surface area contributed by atoms with Crippen LogP contribution < -0.4 is 0 Å². The van der Waals surface area contributed by atoms with Crippen LogP contribution in [0.1, 0.15) is 27.7 Å². The Morgan fingerprint density at radius 2 is 1.63 bits per heavy atom. The smallest absolute Gasteiger partial charge is 0.316 e. The van der Waals surface area contributed by atoms with Crippen molar-refractivity contribution in [1.29, 1.82) is 0 Å². The van der Waals surface area contributed by atoms with Crippen LogP contribution >= 0.6 is 0 Å². The molecule has 0 heterocycles. The minimum Gasteiger partial charge on any atom is -0.481 e. The molecule has 110 valence electrons. The van der Waals surface area contributed by atoms with Gasteiger partial charge < -0.3 is 14.9 Å². The van der Waals surface area contributed by atoms with Gasteiger partial charge in [0.15, 0.2) is 0 Å². The lowest BCUT2D eigenvalue weighted by Crippen LogP contribution is -2.48. The van der Waals surface area contributed by atoms with Crippen molar-refractivity contribution in [3.05, 3.63) is 0 Å².